The van der Waals surface area contributed by atoms with Gasteiger partial charge in [-0.3, -0.25) is 4.99 Å². The maximum atomic E-state index is 14.2. The van der Waals surface area contributed by atoms with Crippen LogP contribution in [0.15, 0.2) is 41.9 Å². The lowest BCUT2D eigenvalue weighted by Crippen LogP contribution is -2.37. The van der Waals surface area contributed by atoms with Gasteiger partial charge in [0.1, 0.15) is 5.82 Å². The second-order valence-electron chi connectivity index (χ2n) is 6.14. The Labute approximate surface area is 166 Å². The van der Waals surface area contributed by atoms with Crippen LogP contribution in [-0.4, -0.2) is 29.1 Å². The molecule has 2 rings (SSSR count). The molecule has 0 aliphatic carbocycles. The fraction of sp³-hybridized carbons (Fsp3) is 0.444. The van der Waals surface area contributed by atoms with Gasteiger partial charge in [-0.1, -0.05) is 19.9 Å². The van der Waals surface area contributed by atoms with Crippen LogP contribution >= 0.6 is 24.0 Å². The molecule has 1 heterocycles. The van der Waals surface area contributed by atoms with Gasteiger partial charge >= 0.3 is 0 Å². The summed E-state index contributed by atoms with van der Waals surface area (Å²) >= 11 is 0. The summed E-state index contributed by atoms with van der Waals surface area (Å²) in [5, 5.41) is 6.48. The summed E-state index contributed by atoms with van der Waals surface area (Å²) < 4.78 is 15.9. The van der Waals surface area contributed by atoms with Crippen LogP contribution in [0.1, 0.15) is 32.3 Å². The minimum atomic E-state index is -0.271. The molecule has 2 N–H and O–H groups in total. The first-order chi connectivity index (χ1) is 11.6. The van der Waals surface area contributed by atoms with Gasteiger partial charge in [-0.05, 0) is 36.5 Å². The molecule has 5 nitrogen and oxygen atoms in total. The Hall–Kier alpha value is -1.64. The largest absolute Gasteiger partial charge is 0.356 e. The van der Waals surface area contributed by atoms with E-state index in [1.54, 1.807) is 36.4 Å². The Balaban J connectivity index is 0.00000312. The Bertz CT molecular complexity index is 655. The van der Waals surface area contributed by atoms with Gasteiger partial charge in [0.15, 0.2) is 5.96 Å². The van der Waals surface area contributed by atoms with Crippen LogP contribution in [0.5, 0.6) is 0 Å². The molecule has 1 aromatic heterocycles. The lowest BCUT2D eigenvalue weighted by atomic mass is 10.1. The first-order valence-corrected chi connectivity index (χ1v) is 8.31. The third-order valence-electron chi connectivity index (χ3n) is 3.73. The van der Waals surface area contributed by atoms with Crippen molar-refractivity contribution in [3.63, 3.8) is 0 Å². The van der Waals surface area contributed by atoms with Gasteiger partial charge in [0.05, 0.1) is 12.0 Å². The number of imidazole rings is 1. The molecule has 0 unspecified atom stereocenters. The normalized spacial score (nSPS) is 11.3. The lowest BCUT2D eigenvalue weighted by Gasteiger charge is -2.13. The van der Waals surface area contributed by atoms with Crippen molar-refractivity contribution in [3.8, 4) is 5.69 Å². The monoisotopic (exact) mass is 459 g/mol. The van der Waals surface area contributed by atoms with Gasteiger partial charge in [-0.15, -0.1) is 24.0 Å². The molecule has 138 valence electrons. The number of halogens is 2. The van der Waals surface area contributed by atoms with Crippen molar-refractivity contribution in [2.24, 2.45) is 10.9 Å². The van der Waals surface area contributed by atoms with Crippen molar-refractivity contribution in [1.29, 1.82) is 0 Å². The van der Waals surface area contributed by atoms with E-state index < -0.39 is 0 Å². The van der Waals surface area contributed by atoms with Crippen LogP contribution in [0.3, 0.4) is 0 Å². The average molecular weight is 459 g/mol. The van der Waals surface area contributed by atoms with E-state index in [1.807, 2.05) is 6.07 Å². The molecular formula is C18H27FIN5. The van der Waals surface area contributed by atoms with E-state index in [0.29, 0.717) is 18.2 Å². The van der Waals surface area contributed by atoms with Crippen LogP contribution in [-0.2, 0) is 6.54 Å². The molecule has 0 fully saturated rings. The number of benzene rings is 1. The van der Waals surface area contributed by atoms with Gasteiger partial charge in [0.2, 0.25) is 0 Å². The molecule has 0 amide bonds. The third-order valence-corrected chi connectivity index (χ3v) is 3.73. The summed E-state index contributed by atoms with van der Waals surface area (Å²) in [4.78, 5) is 8.13. The van der Waals surface area contributed by atoms with Crippen LogP contribution in [0, 0.1) is 11.7 Å². The first-order valence-electron chi connectivity index (χ1n) is 8.31. The van der Waals surface area contributed by atoms with E-state index in [-0.39, 0.29) is 29.8 Å². The number of guanidine groups is 1. The Morgan fingerprint density at radius 2 is 2.12 bits per heavy atom. The zero-order valence-corrected chi connectivity index (χ0v) is 17.3. The molecule has 0 saturated carbocycles. The fourth-order valence-corrected chi connectivity index (χ4v) is 2.39. The standard InChI is InChI=1S/C18H26FN5.HI/c1-14(2)5-4-8-22-18(20-3)23-12-15-6-7-17(16(19)11-15)24-10-9-21-13-24;/h6-7,9-11,13-14H,4-5,8,12H2,1-3H3,(H2,20,22,23);1H. The number of nitrogens with one attached hydrogen (secondary N) is 2. The highest BCUT2D eigenvalue weighted by Gasteiger charge is 2.06. The Morgan fingerprint density at radius 1 is 1.32 bits per heavy atom. The molecule has 0 saturated heterocycles. The van der Waals surface area contributed by atoms with E-state index >= 15 is 0 Å². The minimum Gasteiger partial charge on any atom is -0.356 e. The maximum Gasteiger partial charge on any atom is 0.191 e. The van der Waals surface area contributed by atoms with E-state index in [9.17, 15) is 4.39 Å². The van der Waals surface area contributed by atoms with Gasteiger partial charge in [-0.25, -0.2) is 9.37 Å². The minimum absolute atomic E-state index is 0. The highest BCUT2D eigenvalue weighted by atomic mass is 127. The molecule has 0 radical (unpaired) electrons. The molecule has 1 aromatic carbocycles. The van der Waals surface area contributed by atoms with Crippen LogP contribution in [0.25, 0.3) is 5.69 Å². The number of hydrogen-bond acceptors (Lipinski definition) is 2. The maximum absolute atomic E-state index is 14.2. The number of nitrogens with zero attached hydrogens (tertiary/aromatic N) is 3. The van der Waals surface area contributed by atoms with E-state index in [2.05, 4.69) is 34.5 Å². The first kappa shape index (κ1) is 21.4. The van der Waals surface area contributed by atoms with Crippen LogP contribution in [0.2, 0.25) is 0 Å². The Morgan fingerprint density at radius 3 is 2.72 bits per heavy atom. The van der Waals surface area contributed by atoms with Crippen molar-refractivity contribution >= 4 is 29.9 Å². The van der Waals surface area contributed by atoms with Gasteiger partial charge in [0, 0.05) is 32.5 Å². The molecule has 25 heavy (non-hydrogen) atoms. The highest BCUT2D eigenvalue weighted by molar-refractivity contribution is 14.0. The molecule has 0 atom stereocenters. The van der Waals surface area contributed by atoms with Crippen molar-refractivity contribution in [2.45, 2.75) is 33.2 Å². The molecule has 2 aromatic rings. The van der Waals surface area contributed by atoms with Crippen molar-refractivity contribution < 1.29 is 4.39 Å². The molecular weight excluding hydrogens is 432 g/mol. The number of hydrogen-bond donors (Lipinski definition) is 2. The van der Waals surface area contributed by atoms with Crippen LogP contribution in [0.4, 0.5) is 4.39 Å². The SMILES string of the molecule is CN=C(NCCCC(C)C)NCc1ccc(-n2ccnc2)c(F)c1.I. The smallest absolute Gasteiger partial charge is 0.191 e. The number of rotatable bonds is 7. The summed E-state index contributed by atoms with van der Waals surface area (Å²) in [6, 6.07) is 5.19. The topological polar surface area (TPSA) is 54.2 Å². The highest BCUT2D eigenvalue weighted by Crippen LogP contribution is 2.14. The number of aromatic nitrogens is 2. The summed E-state index contributed by atoms with van der Waals surface area (Å²) in [6.07, 6.45) is 7.22. The quantitative estimate of drug-likeness (QED) is 0.287. The summed E-state index contributed by atoms with van der Waals surface area (Å²) in [5.41, 5.74) is 1.36. The molecule has 0 spiro atoms. The zero-order chi connectivity index (χ0) is 17.4. The molecule has 7 heteroatoms. The van der Waals surface area contributed by atoms with Crippen molar-refractivity contribution in [3.05, 3.63) is 48.3 Å². The zero-order valence-electron chi connectivity index (χ0n) is 15.0. The van der Waals surface area contributed by atoms with Crippen molar-refractivity contribution in [1.82, 2.24) is 20.2 Å². The predicted octanol–water partition coefficient (Wildman–Crippen LogP) is 3.73. The van der Waals surface area contributed by atoms with E-state index in [4.69, 9.17) is 0 Å². The fourth-order valence-electron chi connectivity index (χ4n) is 2.39. The van der Waals surface area contributed by atoms with Gasteiger partial charge in [-0.2, -0.15) is 0 Å². The van der Waals surface area contributed by atoms with Gasteiger partial charge < -0.3 is 15.2 Å². The molecule has 0 bridgehead atoms. The average Bonchev–Trinajstić information content (AvgIpc) is 3.08. The Kier molecular flexibility index (Phi) is 9.48. The van der Waals surface area contributed by atoms with E-state index in [0.717, 1.165) is 24.5 Å². The van der Waals surface area contributed by atoms with E-state index in [1.165, 1.54) is 12.5 Å². The van der Waals surface area contributed by atoms with Crippen LogP contribution < -0.4 is 10.6 Å². The summed E-state index contributed by atoms with van der Waals surface area (Å²) in [5.74, 6) is 1.17. The van der Waals surface area contributed by atoms with Crippen molar-refractivity contribution in [2.75, 3.05) is 13.6 Å². The second kappa shape index (κ2) is 11.1. The number of aliphatic imine (C=N–C) groups is 1. The van der Waals surface area contributed by atoms with Gasteiger partial charge in [0.25, 0.3) is 0 Å². The molecule has 0 aliphatic heterocycles. The molecule has 0 aliphatic rings. The summed E-state index contributed by atoms with van der Waals surface area (Å²) in [7, 11) is 1.74. The third kappa shape index (κ3) is 7.01. The second-order valence-corrected chi connectivity index (χ2v) is 6.14. The lowest BCUT2D eigenvalue weighted by molar-refractivity contribution is 0.549. The predicted molar refractivity (Wildman–Crippen MR) is 111 cm³/mol. The summed E-state index contributed by atoms with van der Waals surface area (Å²) in [6.45, 7) is 5.83.